The minimum atomic E-state index is -0.159. The van der Waals surface area contributed by atoms with Gasteiger partial charge in [0.15, 0.2) is 11.5 Å². The summed E-state index contributed by atoms with van der Waals surface area (Å²) in [5.74, 6) is 1.02. The van der Waals surface area contributed by atoms with Gasteiger partial charge in [-0.05, 0) is 18.9 Å². The van der Waals surface area contributed by atoms with E-state index in [0.717, 1.165) is 18.4 Å². The Morgan fingerprint density at radius 2 is 1.92 bits per heavy atom. The zero-order chi connectivity index (χ0) is 17.6. The van der Waals surface area contributed by atoms with E-state index in [2.05, 4.69) is 0 Å². The van der Waals surface area contributed by atoms with E-state index in [-0.39, 0.29) is 36.1 Å². The Kier molecular flexibility index (Phi) is 5.21. The molecule has 0 radical (unpaired) electrons. The number of rotatable bonds is 2. The maximum absolute atomic E-state index is 13.0. The molecule has 4 rings (SSSR count). The van der Waals surface area contributed by atoms with Crippen molar-refractivity contribution in [2.75, 3.05) is 13.1 Å². The third-order valence-corrected chi connectivity index (χ3v) is 5.38. The Hall–Kier alpha value is -2.11. The maximum atomic E-state index is 13.0. The van der Waals surface area contributed by atoms with Crippen LogP contribution in [0.25, 0.3) is 0 Å². The standard InChI is InChI=1S/C20H22N2O3.ClH/c1-12-18-16(23)8-5-9-17(18)25-19(12)20(24)22-10-14(15(21)11-22)13-6-3-2-4-7-13;/h2-4,6-7,14-15H,5,8-11,21H2,1H3;1H/t14-,15+;/m0./s1. The van der Waals surface area contributed by atoms with E-state index in [1.807, 2.05) is 37.3 Å². The maximum Gasteiger partial charge on any atom is 0.289 e. The van der Waals surface area contributed by atoms with E-state index in [1.54, 1.807) is 4.90 Å². The van der Waals surface area contributed by atoms with Crippen molar-refractivity contribution in [3.05, 3.63) is 58.5 Å². The number of ketones is 1. The molecule has 2 atom stereocenters. The molecule has 2 aliphatic rings. The fourth-order valence-corrected chi connectivity index (χ4v) is 4.04. The molecule has 5 nitrogen and oxygen atoms in total. The number of furan rings is 1. The fourth-order valence-electron chi connectivity index (χ4n) is 4.04. The van der Waals surface area contributed by atoms with Crippen LogP contribution in [0.1, 0.15) is 56.6 Å². The summed E-state index contributed by atoms with van der Waals surface area (Å²) in [6, 6.07) is 9.95. The van der Waals surface area contributed by atoms with Crippen LogP contribution in [0.15, 0.2) is 34.7 Å². The van der Waals surface area contributed by atoms with Crippen molar-refractivity contribution in [1.82, 2.24) is 4.90 Å². The number of carbonyl (C=O) groups excluding carboxylic acids is 2. The van der Waals surface area contributed by atoms with Gasteiger partial charge in [0, 0.05) is 43.5 Å². The van der Waals surface area contributed by atoms with Crippen LogP contribution in [0.2, 0.25) is 0 Å². The third-order valence-electron chi connectivity index (χ3n) is 5.38. The van der Waals surface area contributed by atoms with Crippen molar-refractivity contribution in [1.29, 1.82) is 0 Å². The number of likely N-dealkylation sites (tertiary alicyclic amines) is 1. The number of carbonyl (C=O) groups is 2. The van der Waals surface area contributed by atoms with Crippen LogP contribution in [0.5, 0.6) is 0 Å². The van der Waals surface area contributed by atoms with Crippen LogP contribution >= 0.6 is 12.4 Å². The van der Waals surface area contributed by atoms with Crippen LogP contribution in [0.3, 0.4) is 0 Å². The van der Waals surface area contributed by atoms with Crippen molar-refractivity contribution in [3.63, 3.8) is 0 Å². The molecule has 2 N–H and O–H groups in total. The minimum Gasteiger partial charge on any atom is -0.455 e. The van der Waals surface area contributed by atoms with Crippen LogP contribution in [-0.2, 0) is 6.42 Å². The first kappa shape index (κ1) is 18.7. The third kappa shape index (κ3) is 3.06. The number of hydrogen-bond acceptors (Lipinski definition) is 4. The normalized spacial score (nSPS) is 22.1. The monoisotopic (exact) mass is 374 g/mol. The molecule has 1 saturated heterocycles. The van der Waals surface area contributed by atoms with E-state index >= 15 is 0 Å². The molecular formula is C20H23ClN2O3. The van der Waals surface area contributed by atoms with Gasteiger partial charge in [0.05, 0.1) is 5.56 Å². The smallest absolute Gasteiger partial charge is 0.289 e. The number of hydrogen-bond donors (Lipinski definition) is 1. The number of nitrogens with two attached hydrogens (primary N) is 1. The van der Waals surface area contributed by atoms with Crippen LogP contribution in [0.4, 0.5) is 0 Å². The average Bonchev–Trinajstić information content (AvgIpc) is 3.17. The lowest BCUT2D eigenvalue weighted by Gasteiger charge is -2.15. The van der Waals surface area contributed by atoms with Crippen LogP contribution < -0.4 is 5.73 Å². The first-order chi connectivity index (χ1) is 12.1. The molecule has 2 heterocycles. The predicted octanol–water partition coefficient (Wildman–Crippen LogP) is 3.10. The number of amides is 1. The zero-order valence-electron chi connectivity index (χ0n) is 14.7. The van der Waals surface area contributed by atoms with Crippen molar-refractivity contribution in [2.24, 2.45) is 5.73 Å². The summed E-state index contributed by atoms with van der Waals surface area (Å²) in [5, 5.41) is 0. The van der Waals surface area contributed by atoms with Gasteiger partial charge in [0.1, 0.15) is 5.76 Å². The summed E-state index contributed by atoms with van der Waals surface area (Å²) in [7, 11) is 0. The molecule has 0 bridgehead atoms. The Bertz CT molecular complexity index is 831. The number of aryl methyl sites for hydroxylation is 1. The molecule has 1 aromatic heterocycles. The van der Waals surface area contributed by atoms with Crippen molar-refractivity contribution in [2.45, 2.75) is 38.1 Å². The molecule has 1 aliphatic carbocycles. The molecule has 0 unspecified atom stereocenters. The Morgan fingerprint density at radius 3 is 2.62 bits per heavy atom. The summed E-state index contributed by atoms with van der Waals surface area (Å²) in [4.78, 5) is 26.9. The molecule has 138 valence electrons. The molecule has 1 amide bonds. The number of fused-ring (bicyclic) bond motifs is 1. The highest BCUT2D eigenvalue weighted by Crippen LogP contribution is 2.32. The van der Waals surface area contributed by atoms with Gasteiger partial charge >= 0.3 is 0 Å². The first-order valence-corrected chi connectivity index (χ1v) is 8.81. The lowest BCUT2D eigenvalue weighted by Crippen LogP contribution is -2.32. The number of benzene rings is 1. The van der Waals surface area contributed by atoms with Gasteiger partial charge in [-0.3, -0.25) is 9.59 Å². The van der Waals surface area contributed by atoms with E-state index in [9.17, 15) is 9.59 Å². The fraction of sp³-hybridized carbons (Fsp3) is 0.400. The quantitative estimate of drug-likeness (QED) is 0.876. The van der Waals surface area contributed by atoms with Crippen LogP contribution in [0, 0.1) is 6.92 Å². The van der Waals surface area contributed by atoms with E-state index in [4.69, 9.17) is 10.2 Å². The number of halogens is 1. The Labute approximate surface area is 158 Å². The molecule has 1 aliphatic heterocycles. The second-order valence-corrected chi connectivity index (χ2v) is 7.02. The van der Waals surface area contributed by atoms with Gasteiger partial charge in [-0.1, -0.05) is 30.3 Å². The highest BCUT2D eigenvalue weighted by Gasteiger charge is 2.37. The topological polar surface area (TPSA) is 76.5 Å². The number of Topliss-reactive ketones (excluding diaryl/α,β-unsaturated/α-hetero) is 1. The lowest BCUT2D eigenvalue weighted by molar-refractivity contribution is 0.0754. The van der Waals surface area contributed by atoms with Crippen molar-refractivity contribution < 1.29 is 14.0 Å². The molecule has 6 heteroatoms. The second kappa shape index (κ2) is 7.25. The van der Waals surface area contributed by atoms with Crippen LogP contribution in [-0.4, -0.2) is 35.7 Å². The van der Waals surface area contributed by atoms with Gasteiger partial charge < -0.3 is 15.1 Å². The Morgan fingerprint density at radius 1 is 1.19 bits per heavy atom. The summed E-state index contributed by atoms with van der Waals surface area (Å²) in [6.45, 7) is 2.88. The second-order valence-electron chi connectivity index (χ2n) is 7.02. The van der Waals surface area contributed by atoms with Gasteiger partial charge in [-0.2, -0.15) is 0 Å². The highest BCUT2D eigenvalue weighted by molar-refractivity contribution is 6.03. The molecule has 2 aromatic rings. The molecule has 1 fully saturated rings. The minimum absolute atomic E-state index is 0. The van der Waals surface area contributed by atoms with Gasteiger partial charge in [0.2, 0.25) is 0 Å². The van der Waals surface area contributed by atoms with Crippen molar-refractivity contribution >= 4 is 24.1 Å². The molecule has 0 saturated carbocycles. The molecule has 0 spiro atoms. The van der Waals surface area contributed by atoms with Crippen molar-refractivity contribution in [3.8, 4) is 0 Å². The van der Waals surface area contributed by atoms with Gasteiger partial charge in [0.25, 0.3) is 5.91 Å². The summed E-state index contributed by atoms with van der Waals surface area (Å²) >= 11 is 0. The molecular weight excluding hydrogens is 352 g/mol. The lowest BCUT2D eigenvalue weighted by atomic mass is 9.94. The summed E-state index contributed by atoms with van der Waals surface area (Å²) in [5.41, 5.74) is 8.75. The van der Waals surface area contributed by atoms with E-state index in [1.165, 1.54) is 0 Å². The SMILES string of the molecule is Cc1c(C(=O)N2C[C@@H](N)[C@H](c3ccccc3)C2)oc2c1C(=O)CCC2.Cl. The molecule has 26 heavy (non-hydrogen) atoms. The van der Waals surface area contributed by atoms with E-state index < -0.39 is 0 Å². The average molecular weight is 375 g/mol. The molecule has 1 aromatic carbocycles. The summed E-state index contributed by atoms with van der Waals surface area (Å²) < 4.78 is 5.80. The Balaban J connectivity index is 0.00000196. The van der Waals surface area contributed by atoms with E-state index in [0.29, 0.717) is 42.2 Å². The highest BCUT2D eigenvalue weighted by atomic mass is 35.5. The summed E-state index contributed by atoms with van der Waals surface area (Å²) in [6.07, 6.45) is 2.05. The largest absolute Gasteiger partial charge is 0.455 e. The van der Waals surface area contributed by atoms with Gasteiger partial charge in [-0.25, -0.2) is 0 Å². The number of nitrogens with zero attached hydrogens (tertiary/aromatic N) is 1. The predicted molar refractivity (Wildman–Crippen MR) is 101 cm³/mol. The zero-order valence-corrected chi connectivity index (χ0v) is 15.6. The first-order valence-electron chi connectivity index (χ1n) is 8.81. The van der Waals surface area contributed by atoms with Gasteiger partial charge in [-0.15, -0.1) is 12.4 Å².